The van der Waals surface area contributed by atoms with E-state index < -0.39 is 41.2 Å². The Morgan fingerprint density at radius 2 is 1.31 bits per heavy atom. The molecule has 10 heteroatoms. The zero-order valence-electron chi connectivity index (χ0n) is 21.6. The van der Waals surface area contributed by atoms with Gasteiger partial charge in [-0.2, -0.15) is 22.0 Å². The third-order valence-corrected chi connectivity index (χ3v) is 8.22. The normalized spacial score (nSPS) is 24.5. The molecule has 0 bridgehead atoms. The van der Waals surface area contributed by atoms with E-state index in [-0.39, 0.29) is 42.6 Å². The highest BCUT2D eigenvalue weighted by Crippen LogP contribution is 2.47. The molecule has 2 aromatic carbocycles. The summed E-state index contributed by atoms with van der Waals surface area (Å²) in [6, 6.07) is 5.51. The van der Waals surface area contributed by atoms with E-state index in [0.717, 1.165) is 31.2 Å². The summed E-state index contributed by atoms with van der Waals surface area (Å²) in [5.74, 6) is -5.76. The van der Waals surface area contributed by atoms with Crippen LogP contribution >= 0.6 is 0 Å². The van der Waals surface area contributed by atoms with Crippen LogP contribution < -0.4 is 4.74 Å². The van der Waals surface area contributed by atoms with Crippen molar-refractivity contribution in [3.63, 3.8) is 0 Å². The predicted octanol–water partition coefficient (Wildman–Crippen LogP) is 9.41. The standard InChI is InChI=1S/C29H32F8O2/c1-2-38-16-17-3-12-23(24(30)13-17)20-6-4-18(5-7-20)19-8-10-21(11-9-19)29(36,37)39-22-14-25(31)27(26(32)15-22)28(33,34)35/h3,12-15,18-21H,2,4-11,16H2,1H3. The second-order valence-electron chi connectivity index (χ2n) is 10.6. The van der Waals surface area contributed by atoms with Crippen LogP contribution in [0.2, 0.25) is 0 Å². The monoisotopic (exact) mass is 564 g/mol. The van der Waals surface area contributed by atoms with Crippen molar-refractivity contribution >= 4 is 0 Å². The minimum atomic E-state index is -5.30. The largest absolute Gasteiger partial charge is 0.432 e. The molecule has 2 saturated carbocycles. The number of alkyl halides is 5. The van der Waals surface area contributed by atoms with Crippen LogP contribution in [0.1, 0.15) is 80.9 Å². The SMILES string of the molecule is CCOCc1ccc(C2CCC(C3CCC(C(F)(F)Oc4cc(F)c(C(F)(F)F)c(F)c4)CC3)CC2)c(F)c1. The van der Waals surface area contributed by atoms with Gasteiger partial charge in [-0.05, 0) is 93.2 Å². The Morgan fingerprint density at radius 3 is 1.82 bits per heavy atom. The summed E-state index contributed by atoms with van der Waals surface area (Å²) in [5, 5.41) is 0. The number of halogens is 8. The molecule has 2 nitrogen and oxygen atoms in total. The molecule has 39 heavy (non-hydrogen) atoms. The van der Waals surface area contributed by atoms with Crippen molar-refractivity contribution in [1.82, 2.24) is 0 Å². The van der Waals surface area contributed by atoms with Crippen molar-refractivity contribution in [3.05, 3.63) is 64.5 Å². The molecule has 0 atom stereocenters. The first kappa shape index (κ1) is 29.6. The van der Waals surface area contributed by atoms with Crippen LogP contribution in [0.5, 0.6) is 5.75 Å². The average molecular weight is 565 g/mol. The number of rotatable bonds is 8. The number of ether oxygens (including phenoxy) is 2. The van der Waals surface area contributed by atoms with Crippen LogP contribution in [0.25, 0.3) is 0 Å². The maximum absolute atomic E-state index is 14.8. The molecule has 2 fully saturated rings. The van der Waals surface area contributed by atoms with Crippen LogP contribution in [-0.4, -0.2) is 12.7 Å². The third kappa shape index (κ3) is 7.05. The summed E-state index contributed by atoms with van der Waals surface area (Å²) in [6.07, 6.45) is -4.41. The number of benzene rings is 2. The van der Waals surface area contributed by atoms with Gasteiger partial charge in [-0.1, -0.05) is 12.1 Å². The fraction of sp³-hybridized carbons (Fsp3) is 0.586. The molecule has 0 N–H and O–H groups in total. The molecule has 0 spiro atoms. The molecule has 4 rings (SSSR count). The van der Waals surface area contributed by atoms with E-state index in [4.69, 9.17) is 4.74 Å². The lowest BCUT2D eigenvalue weighted by molar-refractivity contribution is -0.224. The molecular formula is C29H32F8O2. The molecule has 0 radical (unpaired) electrons. The zero-order valence-corrected chi connectivity index (χ0v) is 21.6. The Hall–Kier alpha value is -2.36. The lowest BCUT2D eigenvalue weighted by Crippen LogP contribution is -2.38. The van der Waals surface area contributed by atoms with Gasteiger partial charge in [0.15, 0.2) is 0 Å². The second kappa shape index (κ2) is 12.0. The van der Waals surface area contributed by atoms with Crippen LogP contribution in [0.3, 0.4) is 0 Å². The third-order valence-electron chi connectivity index (χ3n) is 8.22. The number of hydrogen-bond acceptors (Lipinski definition) is 2. The highest BCUT2D eigenvalue weighted by molar-refractivity contribution is 5.32. The highest BCUT2D eigenvalue weighted by atomic mass is 19.4. The van der Waals surface area contributed by atoms with E-state index in [1.165, 1.54) is 6.07 Å². The van der Waals surface area contributed by atoms with E-state index in [1.807, 2.05) is 19.1 Å². The summed E-state index contributed by atoms with van der Waals surface area (Å²) in [4.78, 5) is 0. The van der Waals surface area contributed by atoms with Crippen LogP contribution in [0.4, 0.5) is 35.1 Å². The van der Waals surface area contributed by atoms with Gasteiger partial charge in [0.1, 0.15) is 28.8 Å². The number of hydrogen-bond donors (Lipinski definition) is 0. The van der Waals surface area contributed by atoms with E-state index in [0.29, 0.717) is 37.5 Å². The van der Waals surface area contributed by atoms with Gasteiger partial charge in [0.05, 0.1) is 12.5 Å². The van der Waals surface area contributed by atoms with Crippen molar-refractivity contribution in [2.24, 2.45) is 17.8 Å². The molecule has 0 aromatic heterocycles. The summed E-state index contributed by atoms with van der Waals surface area (Å²) in [5.41, 5.74) is -0.655. The lowest BCUT2D eigenvalue weighted by atomic mass is 9.68. The topological polar surface area (TPSA) is 18.5 Å². The molecule has 216 valence electrons. The van der Waals surface area contributed by atoms with Gasteiger partial charge in [0.2, 0.25) is 0 Å². The molecule has 0 unspecified atom stereocenters. The van der Waals surface area contributed by atoms with Gasteiger partial charge in [-0.25, -0.2) is 13.2 Å². The van der Waals surface area contributed by atoms with E-state index in [9.17, 15) is 35.1 Å². The minimum Gasteiger partial charge on any atom is -0.432 e. The van der Waals surface area contributed by atoms with Crippen molar-refractivity contribution < 1.29 is 44.6 Å². The summed E-state index contributed by atoms with van der Waals surface area (Å²) in [7, 11) is 0. The second-order valence-corrected chi connectivity index (χ2v) is 10.6. The molecule has 0 aliphatic heterocycles. The van der Waals surface area contributed by atoms with E-state index in [1.54, 1.807) is 0 Å². The molecule has 2 aromatic rings. The maximum Gasteiger partial charge on any atom is 0.422 e. The van der Waals surface area contributed by atoms with Crippen LogP contribution in [0, 0.1) is 35.2 Å². The first-order valence-electron chi connectivity index (χ1n) is 13.4. The Labute approximate surface area is 222 Å². The van der Waals surface area contributed by atoms with E-state index >= 15 is 0 Å². The predicted molar refractivity (Wildman–Crippen MR) is 129 cm³/mol. The molecule has 2 aliphatic rings. The molecule has 0 saturated heterocycles. The summed E-state index contributed by atoms with van der Waals surface area (Å²) in [6.45, 7) is 2.80. The molecule has 0 amide bonds. The molecule has 0 heterocycles. The van der Waals surface area contributed by atoms with Gasteiger partial charge >= 0.3 is 12.3 Å². The zero-order chi connectivity index (χ0) is 28.4. The minimum absolute atomic E-state index is 0.112. The van der Waals surface area contributed by atoms with Crippen molar-refractivity contribution in [1.29, 1.82) is 0 Å². The summed E-state index contributed by atoms with van der Waals surface area (Å²) >= 11 is 0. The highest BCUT2D eigenvalue weighted by Gasteiger charge is 2.46. The Kier molecular flexibility index (Phi) is 9.13. The average Bonchev–Trinajstić information content (AvgIpc) is 2.86. The summed E-state index contributed by atoms with van der Waals surface area (Å²) < 4.78 is 120. The fourth-order valence-electron chi connectivity index (χ4n) is 6.16. The first-order valence-corrected chi connectivity index (χ1v) is 13.4. The maximum atomic E-state index is 14.8. The molecule has 2 aliphatic carbocycles. The van der Waals surface area contributed by atoms with Crippen molar-refractivity contribution in [2.75, 3.05) is 6.61 Å². The lowest BCUT2D eigenvalue weighted by Gasteiger charge is -2.39. The van der Waals surface area contributed by atoms with Gasteiger partial charge in [0, 0.05) is 18.7 Å². The Bertz CT molecular complexity index is 1090. The van der Waals surface area contributed by atoms with Crippen LogP contribution in [-0.2, 0) is 17.5 Å². The fourth-order valence-corrected chi connectivity index (χ4v) is 6.16. The Morgan fingerprint density at radius 1 is 0.744 bits per heavy atom. The van der Waals surface area contributed by atoms with E-state index in [2.05, 4.69) is 4.74 Å². The van der Waals surface area contributed by atoms with Gasteiger partial charge in [-0.3, -0.25) is 0 Å². The van der Waals surface area contributed by atoms with Crippen molar-refractivity contribution in [2.45, 2.75) is 83.1 Å². The quantitative estimate of drug-likeness (QED) is 0.298. The Balaban J connectivity index is 1.29. The van der Waals surface area contributed by atoms with Crippen molar-refractivity contribution in [3.8, 4) is 5.75 Å². The van der Waals surface area contributed by atoms with Gasteiger partial charge in [-0.15, -0.1) is 0 Å². The first-order chi connectivity index (χ1) is 18.4. The van der Waals surface area contributed by atoms with Gasteiger partial charge in [0.25, 0.3) is 0 Å². The van der Waals surface area contributed by atoms with Gasteiger partial charge < -0.3 is 9.47 Å². The molecular weight excluding hydrogens is 532 g/mol. The van der Waals surface area contributed by atoms with Crippen LogP contribution in [0.15, 0.2) is 30.3 Å². The smallest absolute Gasteiger partial charge is 0.422 e.